The highest BCUT2D eigenvalue weighted by Gasteiger charge is 2.45. The summed E-state index contributed by atoms with van der Waals surface area (Å²) in [6.07, 6.45) is -1.46. The van der Waals surface area contributed by atoms with Crippen LogP contribution in [0.2, 0.25) is 0 Å². The van der Waals surface area contributed by atoms with Gasteiger partial charge in [0.25, 0.3) is 0 Å². The maximum absolute atomic E-state index is 10.4. The van der Waals surface area contributed by atoms with E-state index >= 15 is 0 Å². The number of hydrogen-bond acceptors (Lipinski definition) is 10. The maximum atomic E-state index is 10.4. The van der Waals surface area contributed by atoms with Gasteiger partial charge in [-0.15, -0.1) is 0 Å². The molecule has 11 nitrogen and oxygen atoms in total. The minimum absolute atomic E-state index is 0.165. The monoisotopic (exact) mass is 365 g/mol. The second-order valence-electron chi connectivity index (χ2n) is 6.17. The number of nitrogen functional groups attached to an aromatic ring is 1. The Morgan fingerprint density at radius 1 is 1.38 bits per heavy atom. The Bertz CT molecular complexity index is 809. The summed E-state index contributed by atoms with van der Waals surface area (Å²) in [6, 6.07) is 0. The number of aliphatic hydroxyl groups is 3. The van der Waals surface area contributed by atoms with Crippen LogP contribution >= 0.6 is 0 Å². The second kappa shape index (κ2) is 7.50. The molecule has 0 aliphatic carbocycles. The van der Waals surface area contributed by atoms with E-state index in [9.17, 15) is 15.3 Å². The molecule has 0 saturated carbocycles. The molecule has 11 heteroatoms. The van der Waals surface area contributed by atoms with Gasteiger partial charge >= 0.3 is 0 Å². The molecule has 3 heterocycles. The fraction of sp³-hybridized carbons (Fsp3) is 0.600. The molecule has 26 heavy (non-hydrogen) atoms. The van der Waals surface area contributed by atoms with Crippen molar-refractivity contribution >= 4 is 28.6 Å². The number of nitrogens with two attached hydrogens (primary N) is 1. The number of anilines is 2. The van der Waals surface area contributed by atoms with Crippen LogP contribution in [0.1, 0.15) is 32.9 Å². The average Bonchev–Trinajstić information content (AvgIpc) is 3.12. The first-order valence-electron chi connectivity index (χ1n) is 8.38. The molecular weight excluding hydrogens is 342 g/mol. The Kier molecular flexibility index (Phi) is 5.32. The molecule has 6 N–H and O–H groups in total. The summed E-state index contributed by atoms with van der Waals surface area (Å²) in [5.41, 5.74) is 10.2. The van der Waals surface area contributed by atoms with Gasteiger partial charge in [-0.2, -0.15) is 5.10 Å². The number of aliphatic hydroxyl groups excluding tert-OH is 3. The molecule has 2 aromatic rings. The third-order valence-corrected chi connectivity index (χ3v) is 4.24. The van der Waals surface area contributed by atoms with Gasteiger partial charge in [-0.3, -0.25) is 4.57 Å². The van der Waals surface area contributed by atoms with Gasteiger partial charge in [0.2, 0.25) is 5.95 Å². The zero-order valence-electron chi connectivity index (χ0n) is 14.6. The highest BCUT2D eigenvalue weighted by atomic mass is 16.6. The van der Waals surface area contributed by atoms with Gasteiger partial charge in [0.05, 0.1) is 6.61 Å². The lowest BCUT2D eigenvalue weighted by Crippen LogP contribution is -2.33. The SMILES string of the molecule is CCC/C(C)=N\Nc1nc2c(N)ncnc2n1[C@@H]1O[C@H](CO)[C@@H](O)[C@@H]1O. The molecular formula is C15H23N7O4. The number of hydrogen-bond donors (Lipinski definition) is 5. The van der Waals surface area contributed by atoms with E-state index in [0.717, 1.165) is 18.6 Å². The molecule has 1 aliphatic rings. The molecule has 2 aromatic heterocycles. The van der Waals surface area contributed by atoms with E-state index in [2.05, 4.69) is 25.5 Å². The molecule has 1 aliphatic heterocycles. The van der Waals surface area contributed by atoms with Crippen molar-refractivity contribution in [2.24, 2.45) is 5.10 Å². The lowest BCUT2D eigenvalue weighted by Gasteiger charge is -2.18. The van der Waals surface area contributed by atoms with Crippen molar-refractivity contribution in [2.75, 3.05) is 17.8 Å². The summed E-state index contributed by atoms with van der Waals surface area (Å²) in [7, 11) is 0. The fourth-order valence-corrected chi connectivity index (χ4v) is 2.90. The van der Waals surface area contributed by atoms with Crippen LogP contribution in [0, 0.1) is 0 Å². The van der Waals surface area contributed by atoms with E-state index in [-0.39, 0.29) is 11.8 Å². The van der Waals surface area contributed by atoms with Crippen LogP contribution in [0.4, 0.5) is 11.8 Å². The first kappa shape index (κ1) is 18.5. The van der Waals surface area contributed by atoms with Gasteiger partial charge < -0.3 is 25.8 Å². The Morgan fingerprint density at radius 3 is 2.81 bits per heavy atom. The minimum Gasteiger partial charge on any atom is -0.394 e. The van der Waals surface area contributed by atoms with Gasteiger partial charge in [-0.05, 0) is 13.3 Å². The van der Waals surface area contributed by atoms with Gasteiger partial charge in [0.1, 0.15) is 24.6 Å². The lowest BCUT2D eigenvalue weighted by atomic mass is 10.1. The third kappa shape index (κ3) is 3.21. The van der Waals surface area contributed by atoms with Crippen LogP contribution in [0.3, 0.4) is 0 Å². The fourth-order valence-electron chi connectivity index (χ4n) is 2.90. The first-order valence-corrected chi connectivity index (χ1v) is 8.38. The minimum atomic E-state index is -1.29. The molecule has 1 fully saturated rings. The standard InChI is InChI=1S/C15H23N7O4/c1-3-4-7(2)20-21-15-19-9-12(16)17-6-18-13(9)22(15)14-11(25)10(24)8(5-23)26-14/h6,8,10-11,14,23-25H,3-5H2,1-2H3,(H,19,21)(H2,16,17,18)/b20-7-/t8-,10-,11+,14-/m1/s1. The van der Waals surface area contributed by atoms with E-state index in [4.69, 9.17) is 10.5 Å². The van der Waals surface area contributed by atoms with E-state index < -0.39 is 31.1 Å². The van der Waals surface area contributed by atoms with Crippen LogP contribution in [-0.2, 0) is 4.74 Å². The number of ether oxygens (including phenoxy) is 1. The maximum Gasteiger partial charge on any atom is 0.228 e. The number of imidazole rings is 1. The normalized spacial score (nSPS) is 26.6. The number of hydrazone groups is 1. The smallest absolute Gasteiger partial charge is 0.228 e. The van der Waals surface area contributed by atoms with Gasteiger partial charge in [0.15, 0.2) is 23.2 Å². The van der Waals surface area contributed by atoms with E-state index in [0.29, 0.717) is 11.2 Å². The van der Waals surface area contributed by atoms with Crippen molar-refractivity contribution in [3.05, 3.63) is 6.33 Å². The number of rotatable bonds is 6. The van der Waals surface area contributed by atoms with E-state index in [1.54, 1.807) is 0 Å². The quantitative estimate of drug-likeness (QED) is 0.338. The predicted molar refractivity (Wildman–Crippen MR) is 94.4 cm³/mol. The number of nitrogens with zero attached hydrogens (tertiary/aromatic N) is 5. The molecule has 1 saturated heterocycles. The zero-order valence-corrected chi connectivity index (χ0v) is 14.6. The van der Waals surface area contributed by atoms with Crippen molar-refractivity contribution in [3.63, 3.8) is 0 Å². The second-order valence-corrected chi connectivity index (χ2v) is 6.17. The van der Waals surface area contributed by atoms with Gasteiger partial charge in [-0.1, -0.05) is 13.3 Å². The number of nitrogens with one attached hydrogen (secondary N) is 1. The molecule has 3 rings (SSSR count). The Hall–Kier alpha value is -2.34. The van der Waals surface area contributed by atoms with Gasteiger partial charge in [-0.25, -0.2) is 20.4 Å². The molecule has 0 amide bonds. The highest BCUT2D eigenvalue weighted by Crippen LogP contribution is 2.35. The van der Waals surface area contributed by atoms with E-state index in [1.165, 1.54) is 10.9 Å². The van der Waals surface area contributed by atoms with Crippen molar-refractivity contribution in [3.8, 4) is 0 Å². The van der Waals surface area contributed by atoms with Crippen LogP contribution < -0.4 is 11.2 Å². The third-order valence-electron chi connectivity index (χ3n) is 4.24. The van der Waals surface area contributed by atoms with Gasteiger partial charge in [0, 0.05) is 5.71 Å². The molecule has 0 bridgehead atoms. The molecule has 0 unspecified atom stereocenters. The molecule has 0 radical (unpaired) electrons. The van der Waals surface area contributed by atoms with Crippen molar-refractivity contribution in [1.82, 2.24) is 19.5 Å². The zero-order chi connectivity index (χ0) is 18.8. The largest absolute Gasteiger partial charge is 0.394 e. The van der Waals surface area contributed by atoms with Crippen LogP contribution in [0.25, 0.3) is 11.2 Å². The average molecular weight is 365 g/mol. The van der Waals surface area contributed by atoms with Crippen molar-refractivity contribution < 1.29 is 20.1 Å². The summed E-state index contributed by atoms with van der Waals surface area (Å²) >= 11 is 0. The lowest BCUT2D eigenvalue weighted by molar-refractivity contribution is -0.0501. The van der Waals surface area contributed by atoms with Crippen LogP contribution in [0.5, 0.6) is 0 Å². The molecule has 0 aromatic carbocycles. The van der Waals surface area contributed by atoms with Crippen molar-refractivity contribution in [2.45, 2.75) is 51.2 Å². The molecule has 142 valence electrons. The summed E-state index contributed by atoms with van der Waals surface area (Å²) in [5, 5.41) is 34.0. The predicted octanol–water partition coefficient (Wildman–Crippen LogP) is -0.392. The first-order chi connectivity index (χ1) is 12.5. The summed E-state index contributed by atoms with van der Waals surface area (Å²) in [5.74, 6) is 0.398. The Labute approximate surface area is 149 Å². The summed E-state index contributed by atoms with van der Waals surface area (Å²) < 4.78 is 7.06. The number of aromatic nitrogens is 4. The topological polar surface area (TPSA) is 164 Å². The van der Waals surface area contributed by atoms with Crippen LogP contribution in [0.15, 0.2) is 11.4 Å². The Morgan fingerprint density at radius 2 is 2.15 bits per heavy atom. The Balaban J connectivity index is 2.06. The molecule has 4 atom stereocenters. The van der Waals surface area contributed by atoms with E-state index in [1.807, 2.05) is 13.8 Å². The highest BCUT2D eigenvalue weighted by molar-refractivity contribution is 5.85. The summed E-state index contributed by atoms with van der Waals surface area (Å²) in [4.78, 5) is 12.4. The van der Waals surface area contributed by atoms with Crippen LogP contribution in [-0.4, -0.2) is 65.5 Å². The molecule has 0 spiro atoms. The number of fused-ring (bicyclic) bond motifs is 1. The summed E-state index contributed by atoms with van der Waals surface area (Å²) in [6.45, 7) is 3.49. The van der Waals surface area contributed by atoms with Crippen molar-refractivity contribution in [1.29, 1.82) is 0 Å².